The number of carboxylic acid groups (broad SMARTS) is 1. The second-order valence-corrected chi connectivity index (χ2v) is 15.1. The van der Waals surface area contributed by atoms with Crippen LogP contribution in [0.3, 0.4) is 0 Å². The number of hydrogen-bond acceptors (Lipinski definition) is 5. The predicted octanol–water partition coefficient (Wildman–Crippen LogP) is 11.7. The van der Waals surface area contributed by atoms with Gasteiger partial charge >= 0.3 is 11.9 Å². The number of methoxy groups -OCH3 is 2. The fourth-order valence-electron chi connectivity index (χ4n) is 5.45. The molecule has 0 heterocycles. The molecule has 6 nitrogen and oxygen atoms in total. The van der Waals surface area contributed by atoms with E-state index in [4.69, 9.17) is 55.9 Å². The first kappa shape index (κ1) is 39.0. The molecule has 256 valence electrons. The number of carboxylic acids is 1. The van der Waals surface area contributed by atoms with Gasteiger partial charge in [0.05, 0.1) is 14.2 Å². The van der Waals surface area contributed by atoms with Crippen LogP contribution in [0.1, 0.15) is 84.5 Å². The predicted molar refractivity (Wildman–Crippen MR) is 197 cm³/mol. The molecule has 0 spiro atoms. The van der Waals surface area contributed by atoms with Crippen LogP contribution in [0.4, 0.5) is 0 Å². The minimum atomic E-state index is -1.17. The maximum atomic E-state index is 12.5. The normalized spacial score (nSPS) is 11.5. The number of phenols is 1. The van der Waals surface area contributed by atoms with Crippen LogP contribution in [0.15, 0.2) is 48.5 Å². The fraction of sp³-hybridized carbons (Fsp3) is 0.316. The molecular weight excluding hydrogens is 694 g/mol. The molecule has 10 heteroatoms. The lowest BCUT2D eigenvalue weighted by Crippen LogP contribution is -2.17. The van der Waals surface area contributed by atoms with Gasteiger partial charge in [-0.05, 0) is 83.3 Å². The van der Waals surface area contributed by atoms with E-state index < -0.39 is 17.4 Å². The molecule has 4 aromatic rings. The molecule has 0 saturated carbocycles. The molecule has 0 fully saturated rings. The van der Waals surface area contributed by atoms with Gasteiger partial charge in [0.15, 0.2) is 0 Å². The van der Waals surface area contributed by atoms with Crippen molar-refractivity contribution in [3.8, 4) is 33.8 Å². The Bertz CT molecular complexity index is 1880. The van der Waals surface area contributed by atoms with Gasteiger partial charge in [-0.3, -0.25) is 0 Å². The Labute approximate surface area is 302 Å². The molecule has 0 aliphatic heterocycles. The molecular formula is C38H40Cl4O6. The third-order valence-electron chi connectivity index (χ3n) is 7.97. The Kier molecular flexibility index (Phi) is 12.2. The van der Waals surface area contributed by atoms with E-state index in [1.807, 2.05) is 39.8 Å². The molecule has 0 atom stereocenters. The van der Waals surface area contributed by atoms with Gasteiger partial charge in [0, 0.05) is 42.3 Å². The van der Waals surface area contributed by atoms with E-state index in [0.717, 1.165) is 22.3 Å². The molecule has 0 aliphatic carbocycles. The van der Waals surface area contributed by atoms with Crippen molar-refractivity contribution in [1.29, 1.82) is 0 Å². The van der Waals surface area contributed by atoms with Crippen molar-refractivity contribution in [1.82, 2.24) is 0 Å². The number of esters is 1. The summed E-state index contributed by atoms with van der Waals surface area (Å²) in [7, 11) is 2.92. The summed E-state index contributed by atoms with van der Waals surface area (Å²) in [5, 5.41) is 22.0. The summed E-state index contributed by atoms with van der Waals surface area (Å²) in [4.78, 5) is 24.1. The van der Waals surface area contributed by atoms with Gasteiger partial charge in [0.25, 0.3) is 0 Å². The zero-order valence-corrected chi connectivity index (χ0v) is 31.7. The minimum Gasteiger partial charge on any atom is -0.507 e. The van der Waals surface area contributed by atoms with Crippen molar-refractivity contribution >= 4 is 58.3 Å². The molecule has 0 unspecified atom stereocenters. The smallest absolute Gasteiger partial charge is 0.341 e. The molecule has 0 bridgehead atoms. The molecule has 0 amide bonds. The van der Waals surface area contributed by atoms with Crippen LogP contribution in [0.5, 0.6) is 11.5 Å². The molecule has 0 aromatic heterocycles. The maximum absolute atomic E-state index is 12.5. The van der Waals surface area contributed by atoms with Crippen LogP contribution < -0.4 is 4.74 Å². The van der Waals surface area contributed by atoms with Crippen LogP contribution in [0.2, 0.25) is 20.1 Å². The number of carbonyl (C=O) groups excluding carboxylic acids is 1. The second kappa shape index (κ2) is 15.0. The number of carbonyl (C=O) groups is 2. The fourth-order valence-corrected chi connectivity index (χ4v) is 6.47. The molecule has 48 heavy (non-hydrogen) atoms. The first-order valence-corrected chi connectivity index (χ1v) is 16.5. The highest BCUT2D eigenvalue weighted by Crippen LogP contribution is 2.44. The summed E-state index contributed by atoms with van der Waals surface area (Å²) in [5.74, 6) is -1.27. The van der Waals surface area contributed by atoms with Crippen molar-refractivity contribution in [3.63, 3.8) is 0 Å². The number of benzene rings is 4. The average Bonchev–Trinajstić information content (AvgIpc) is 2.96. The number of rotatable bonds is 5. The number of halogens is 4. The first-order valence-electron chi connectivity index (χ1n) is 15.0. The van der Waals surface area contributed by atoms with E-state index in [2.05, 4.69) is 20.8 Å². The highest BCUT2D eigenvalue weighted by atomic mass is 35.5. The van der Waals surface area contributed by atoms with E-state index in [1.165, 1.54) is 7.11 Å². The Hall–Kier alpha value is -3.42. The summed E-state index contributed by atoms with van der Waals surface area (Å²) in [6.07, 6.45) is 0. The van der Waals surface area contributed by atoms with E-state index in [-0.39, 0.29) is 16.7 Å². The van der Waals surface area contributed by atoms with Crippen LogP contribution >= 0.6 is 46.4 Å². The number of aromatic hydroxyl groups is 1. The van der Waals surface area contributed by atoms with Crippen molar-refractivity contribution in [3.05, 3.63) is 102 Å². The summed E-state index contributed by atoms with van der Waals surface area (Å²) in [5.41, 5.74) is 5.35. The average molecular weight is 735 g/mol. The summed E-state index contributed by atoms with van der Waals surface area (Å²) in [6, 6.07) is 14.2. The van der Waals surface area contributed by atoms with Crippen LogP contribution in [-0.2, 0) is 15.6 Å². The Morgan fingerprint density at radius 2 is 1.06 bits per heavy atom. The van der Waals surface area contributed by atoms with Crippen LogP contribution in [0, 0.1) is 13.8 Å². The van der Waals surface area contributed by atoms with Gasteiger partial charge < -0.3 is 19.7 Å². The van der Waals surface area contributed by atoms with E-state index in [1.54, 1.807) is 50.4 Å². The van der Waals surface area contributed by atoms with Gasteiger partial charge in [0.1, 0.15) is 22.6 Å². The zero-order chi connectivity index (χ0) is 36.5. The number of aromatic carboxylic acids is 1. The van der Waals surface area contributed by atoms with E-state index in [0.29, 0.717) is 53.7 Å². The standard InChI is InChI=1S/C20H22Cl2O3.C18H18Cl2O3/c1-11-14(13-8-7-12(21)9-16(13)22)10-15(20(2,3)4)18(24-5)17(11)19(23)25-6;1-9-12(11-6-5-10(19)7-14(11)20)8-13(18(2,3)4)16(21)15(9)17(22)23/h7-10H,1-6H3;5-8,21H,1-4H3,(H,22,23). The van der Waals surface area contributed by atoms with Crippen molar-refractivity contribution in [2.75, 3.05) is 14.2 Å². The van der Waals surface area contributed by atoms with Crippen LogP contribution in [-0.4, -0.2) is 36.4 Å². The lowest BCUT2D eigenvalue weighted by Gasteiger charge is -2.26. The lowest BCUT2D eigenvalue weighted by molar-refractivity contribution is 0.0595. The molecule has 0 saturated heterocycles. The monoisotopic (exact) mass is 732 g/mol. The third kappa shape index (κ3) is 8.23. The van der Waals surface area contributed by atoms with E-state index in [9.17, 15) is 19.8 Å². The molecule has 0 aliphatic rings. The first-order chi connectivity index (χ1) is 22.1. The Morgan fingerprint density at radius 1 is 0.646 bits per heavy atom. The molecule has 0 radical (unpaired) electrons. The van der Waals surface area contributed by atoms with Crippen molar-refractivity contribution in [2.45, 2.75) is 66.2 Å². The summed E-state index contributed by atoms with van der Waals surface area (Å²) < 4.78 is 10.6. The molecule has 2 N–H and O–H groups in total. The number of hydrogen-bond donors (Lipinski definition) is 2. The highest BCUT2D eigenvalue weighted by molar-refractivity contribution is 6.37. The quantitative estimate of drug-likeness (QED) is 0.198. The topological polar surface area (TPSA) is 93.1 Å². The van der Waals surface area contributed by atoms with E-state index >= 15 is 0 Å². The van der Waals surface area contributed by atoms with Crippen LogP contribution in [0.25, 0.3) is 22.3 Å². The minimum absolute atomic E-state index is 0.0987. The van der Waals surface area contributed by atoms with Gasteiger partial charge in [-0.25, -0.2) is 9.59 Å². The zero-order valence-electron chi connectivity index (χ0n) is 28.7. The SMILES string of the molecule is COC(=O)c1c(C)c(-c2ccc(Cl)cc2Cl)cc(C(C)(C)C)c1OC.Cc1c(-c2ccc(Cl)cc2Cl)cc(C(C)(C)C)c(O)c1C(=O)O. The van der Waals surface area contributed by atoms with Crippen molar-refractivity contribution in [2.24, 2.45) is 0 Å². The Morgan fingerprint density at radius 3 is 1.42 bits per heavy atom. The summed E-state index contributed by atoms with van der Waals surface area (Å²) >= 11 is 24.6. The maximum Gasteiger partial charge on any atom is 0.341 e. The van der Waals surface area contributed by atoms with Gasteiger partial charge in [-0.1, -0.05) is 100 Å². The summed E-state index contributed by atoms with van der Waals surface area (Å²) in [6.45, 7) is 15.5. The highest BCUT2D eigenvalue weighted by Gasteiger charge is 2.30. The third-order valence-corrected chi connectivity index (χ3v) is 9.06. The molecule has 4 rings (SSSR count). The van der Waals surface area contributed by atoms with Gasteiger partial charge in [-0.2, -0.15) is 0 Å². The van der Waals surface area contributed by atoms with Crippen molar-refractivity contribution < 1.29 is 29.3 Å². The largest absolute Gasteiger partial charge is 0.507 e. The van der Waals surface area contributed by atoms with Gasteiger partial charge in [-0.15, -0.1) is 0 Å². The molecule has 4 aromatic carbocycles. The second-order valence-electron chi connectivity index (χ2n) is 13.4. The lowest BCUT2D eigenvalue weighted by atomic mass is 9.81. The Balaban J connectivity index is 0.000000261. The van der Waals surface area contributed by atoms with Gasteiger partial charge in [0.2, 0.25) is 0 Å². The number of ether oxygens (including phenoxy) is 2.